The molecule has 2 aromatic rings. The summed E-state index contributed by atoms with van der Waals surface area (Å²) in [6.45, 7) is 7.64. The molecule has 0 aliphatic carbocycles. The molecule has 0 spiro atoms. The number of hydrogen-bond donors (Lipinski definition) is 0. The molecule has 22 heavy (non-hydrogen) atoms. The predicted molar refractivity (Wildman–Crippen MR) is 94.8 cm³/mol. The molecule has 0 unspecified atom stereocenters. The van der Waals surface area contributed by atoms with Gasteiger partial charge in [-0.05, 0) is 56.4 Å². The van der Waals surface area contributed by atoms with E-state index in [1.165, 1.54) is 7.11 Å². The number of nitrogens with zero attached hydrogens (tertiary/aromatic N) is 1. The lowest BCUT2D eigenvalue weighted by molar-refractivity contribution is -0.164. The van der Waals surface area contributed by atoms with Gasteiger partial charge < -0.3 is 9.47 Å². The van der Waals surface area contributed by atoms with Crippen LogP contribution >= 0.6 is 22.6 Å². The largest absolute Gasteiger partial charge is 0.467 e. The second kappa shape index (κ2) is 6.50. The highest BCUT2D eigenvalue weighted by Crippen LogP contribution is 2.34. The Balaban J connectivity index is 2.65. The van der Waals surface area contributed by atoms with Crippen molar-refractivity contribution >= 4 is 39.5 Å². The topological polar surface area (TPSA) is 48.4 Å². The van der Waals surface area contributed by atoms with Crippen molar-refractivity contribution in [2.45, 2.75) is 39.4 Å². The summed E-state index contributed by atoms with van der Waals surface area (Å²) in [6.07, 6.45) is -0.783. The fourth-order valence-corrected chi connectivity index (χ4v) is 3.42. The Morgan fingerprint density at radius 2 is 1.91 bits per heavy atom. The number of para-hydroxylation sites is 1. The van der Waals surface area contributed by atoms with Gasteiger partial charge in [0.05, 0.1) is 18.2 Å². The predicted octanol–water partition coefficient (Wildman–Crippen LogP) is 4.18. The zero-order valence-corrected chi connectivity index (χ0v) is 15.6. The van der Waals surface area contributed by atoms with Crippen LogP contribution in [-0.2, 0) is 14.3 Å². The molecule has 0 aliphatic rings. The van der Waals surface area contributed by atoms with E-state index >= 15 is 0 Å². The number of carbonyl (C=O) groups is 1. The third-order valence-electron chi connectivity index (χ3n) is 3.20. The van der Waals surface area contributed by atoms with Crippen molar-refractivity contribution in [1.82, 2.24) is 4.98 Å². The number of aryl methyl sites for hydroxylation is 1. The van der Waals surface area contributed by atoms with Crippen molar-refractivity contribution in [2.24, 2.45) is 0 Å². The van der Waals surface area contributed by atoms with Gasteiger partial charge in [-0.3, -0.25) is 4.98 Å². The Morgan fingerprint density at radius 1 is 1.27 bits per heavy atom. The Kier molecular flexibility index (Phi) is 5.07. The number of pyridine rings is 1. The van der Waals surface area contributed by atoms with Gasteiger partial charge in [0, 0.05) is 20.2 Å². The summed E-state index contributed by atoms with van der Waals surface area (Å²) in [6, 6.07) is 7.88. The first kappa shape index (κ1) is 17.1. The van der Waals surface area contributed by atoms with Crippen LogP contribution in [0.3, 0.4) is 0 Å². The van der Waals surface area contributed by atoms with Crippen molar-refractivity contribution in [2.75, 3.05) is 7.11 Å². The van der Waals surface area contributed by atoms with E-state index in [2.05, 4.69) is 27.6 Å². The van der Waals surface area contributed by atoms with Gasteiger partial charge in [0.1, 0.15) is 0 Å². The smallest absolute Gasteiger partial charge is 0.339 e. The van der Waals surface area contributed by atoms with E-state index in [0.717, 1.165) is 25.7 Å². The monoisotopic (exact) mass is 413 g/mol. The van der Waals surface area contributed by atoms with Crippen molar-refractivity contribution in [1.29, 1.82) is 0 Å². The molecule has 0 fully saturated rings. The summed E-state index contributed by atoms with van der Waals surface area (Å²) < 4.78 is 11.9. The summed E-state index contributed by atoms with van der Waals surface area (Å²) in [5.41, 5.74) is 2.00. The summed E-state index contributed by atoms with van der Waals surface area (Å²) in [5.74, 6) is -0.409. The maximum atomic E-state index is 12.3. The van der Waals surface area contributed by atoms with Crippen LogP contribution in [0.25, 0.3) is 10.9 Å². The van der Waals surface area contributed by atoms with Crippen LogP contribution in [-0.4, -0.2) is 23.7 Å². The van der Waals surface area contributed by atoms with Crippen LogP contribution in [0.2, 0.25) is 0 Å². The van der Waals surface area contributed by atoms with E-state index in [1.807, 2.05) is 52.0 Å². The van der Waals surface area contributed by atoms with E-state index in [0.29, 0.717) is 0 Å². The summed E-state index contributed by atoms with van der Waals surface area (Å²) in [4.78, 5) is 16.9. The number of hydrogen-bond acceptors (Lipinski definition) is 4. The zero-order chi connectivity index (χ0) is 16.5. The molecule has 2 rings (SSSR count). The van der Waals surface area contributed by atoms with Gasteiger partial charge in [0.2, 0.25) is 0 Å². The minimum atomic E-state index is -0.783. The van der Waals surface area contributed by atoms with Crippen LogP contribution < -0.4 is 0 Å². The first-order valence-electron chi connectivity index (χ1n) is 7.05. The van der Waals surface area contributed by atoms with Gasteiger partial charge >= 0.3 is 5.97 Å². The number of rotatable bonds is 3. The fourth-order valence-electron chi connectivity index (χ4n) is 2.29. The van der Waals surface area contributed by atoms with Gasteiger partial charge in [0.15, 0.2) is 6.10 Å². The molecule has 1 heterocycles. The van der Waals surface area contributed by atoms with Crippen LogP contribution in [0.5, 0.6) is 0 Å². The minimum Gasteiger partial charge on any atom is -0.467 e. The van der Waals surface area contributed by atoms with E-state index in [1.54, 1.807) is 0 Å². The van der Waals surface area contributed by atoms with Gasteiger partial charge in [0.25, 0.3) is 0 Å². The molecular weight excluding hydrogens is 393 g/mol. The average Bonchev–Trinajstić information content (AvgIpc) is 2.44. The third-order valence-corrected chi connectivity index (χ3v) is 4.37. The first-order valence-corrected chi connectivity index (χ1v) is 8.13. The molecule has 5 heteroatoms. The Hall–Kier alpha value is -1.21. The molecule has 1 aromatic heterocycles. The maximum Gasteiger partial charge on any atom is 0.339 e. The van der Waals surface area contributed by atoms with Crippen molar-refractivity contribution in [3.8, 4) is 0 Å². The molecule has 4 nitrogen and oxygen atoms in total. The zero-order valence-electron chi connectivity index (χ0n) is 13.4. The maximum absolute atomic E-state index is 12.3. The number of benzene rings is 1. The summed E-state index contributed by atoms with van der Waals surface area (Å²) in [7, 11) is 1.37. The number of esters is 1. The lowest BCUT2D eigenvalue weighted by atomic mass is 10.0. The standard InChI is InChI=1S/C17H20INO3/c1-10-13(15(16(20)21-5)22-17(2,3)4)14(18)11-8-6-7-9-12(11)19-10/h6-9,15H,1-5H3/t15-/m0/s1. The quantitative estimate of drug-likeness (QED) is 0.560. The molecular formula is C17H20INO3. The van der Waals surface area contributed by atoms with E-state index < -0.39 is 17.7 Å². The van der Waals surface area contributed by atoms with Crippen LogP contribution in [0.15, 0.2) is 24.3 Å². The number of carbonyl (C=O) groups excluding carboxylic acids is 1. The normalized spacial score (nSPS) is 13.2. The van der Waals surface area contributed by atoms with E-state index in [9.17, 15) is 4.79 Å². The molecule has 0 radical (unpaired) electrons. The molecule has 118 valence electrons. The fraction of sp³-hybridized carbons (Fsp3) is 0.412. The molecule has 1 aromatic carbocycles. The molecule has 0 N–H and O–H groups in total. The van der Waals surface area contributed by atoms with Crippen molar-refractivity contribution < 1.29 is 14.3 Å². The second-order valence-corrected chi connectivity index (χ2v) is 7.15. The van der Waals surface area contributed by atoms with Crippen LogP contribution in [0.1, 0.15) is 38.1 Å². The molecule has 0 saturated heterocycles. The van der Waals surface area contributed by atoms with Crippen LogP contribution in [0, 0.1) is 10.5 Å². The van der Waals surface area contributed by atoms with E-state index in [4.69, 9.17) is 9.47 Å². The lowest BCUT2D eigenvalue weighted by Crippen LogP contribution is -2.29. The number of ether oxygens (including phenoxy) is 2. The Morgan fingerprint density at radius 3 is 2.50 bits per heavy atom. The minimum absolute atomic E-state index is 0.409. The highest BCUT2D eigenvalue weighted by Gasteiger charge is 2.32. The van der Waals surface area contributed by atoms with Crippen LogP contribution in [0.4, 0.5) is 0 Å². The third kappa shape index (κ3) is 3.57. The van der Waals surface area contributed by atoms with Gasteiger partial charge in [-0.1, -0.05) is 18.2 Å². The molecule has 0 amide bonds. The molecule has 1 atom stereocenters. The van der Waals surface area contributed by atoms with Crippen molar-refractivity contribution in [3.05, 3.63) is 39.1 Å². The number of fused-ring (bicyclic) bond motifs is 1. The molecule has 0 saturated carbocycles. The van der Waals surface area contributed by atoms with Crippen molar-refractivity contribution in [3.63, 3.8) is 0 Å². The van der Waals surface area contributed by atoms with Gasteiger partial charge in [-0.25, -0.2) is 4.79 Å². The Bertz CT molecular complexity index is 707. The number of methoxy groups -OCH3 is 1. The summed E-state index contributed by atoms with van der Waals surface area (Å²) in [5, 5.41) is 1.01. The second-order valence-electron chi connectivity index (χ2n) is 6.08. The number of aromatic nitrogens is 1. The Labute approximate surface area is 144 Å². The highest BCUT2D eigenvalue weighted by molar-refractivity contribution is 14.1. The molecule has 0 bridgehead atoms. The number of halogens is 1. The highest BCUT2D eigenvalue weighted by atomic mass is 127. The lowest BCUT2D eigenvalue weighted by Gasteiger charge is -2.27. The molecule has 0 aliphatic heterocycles. The summed E-state index contributed by atoms with van der Waals surface area (Å²) >= 11 is 2.25. The average molecular weight is 413 g/mol. The van der Waals surface area contributed by atoms with Gasteiger partial charge in [-0.15, -0.1) is 0 Å². The van der Waals surface area contributed by atoms with E-state index in [-0.39, 0.29) is 0 Å². The first-order chi connectivity index (χ1) is 10.2. The SMILES string of the molecule is COC(=O)[C@@H](OC(C)(C)C)c1c(C)nc2ccccc2c1I. The van der Waals surface area contributed by atoms with Gasteiger partial charge in [-0.2, -0.15) is 0 Å².